The lowest BCUT2D eigenvalue weighted by Crippen LogP contribution is -2.49. The summed E-state index contributed by atoms with van der Waals surface area (Å²) in [6, 6.07) is 31.7. The predicted molar refractivity (Wildman–Crippen MR) is 192 cm³/mol. The molecule has 8 nitrogen and oxygen atoms in total. The Morgan fingerprint density at radius 1 is 0.878 bits per heavy atom. The summed E-state index contributed by atoms with van der Waals surface area (Å²) in [5.41, 5.74) is 5.92. The molecule has 4 atom stereocenters. The number of carbonyl (C=O) groups is 1. The van der Waals surface area contributed by atoms with E-state index in [1.54, 1.807) is 0 Å². The van der Waals surface area contributed by atoms with Crippen LogP contribution in [0.2, 0.25) is 5.02 Å². The molecular weight excluding hydrogens is 638 g/mol. The highest BCUT2D eigenvalue weighted by molar-refractivity contribution is 6.30. The van der Waals surface area contributed by atoms with Gasteiger partial charge in [-0.3, -0.25) is 0 Å². The molecule has 4 aromatic rings. The second kappa shape index (κ2) is 15.9. The van der Waals surface area contributed by atoms with Gasteiger partial charge in [-0.25, -0.2) is 4.79 Å². The van der Waals surface area contributed by atoms with E-state index in [4.69, 9.17) is 21.1 Å². The lowest BCUT2D eigenvalue weighted by molar-refractivity contribution is -0.277. The number of urea groups is 1. The molecule has 0 bridgehead atoms. The van der Waals surface area contributed by atoms with E-state index in [1.807, 2.05) is 79.7 Å². The topological polar surface area (TPSA) is 103 Å². The molecule has 2 aliphatic heterocycles. The zero-order valence-corrected chi connectivity index (χ0v) is 28.9. The minimum Gasteiger partial charge on any atom is -0.392 e. The quantitative estimate of drug-likeness (QED) is 0.142. The van der Waals surface area contributed by atoms with Crippen LogP contribution in [0.15, 0.2) is 97.1 Å². The molecule has 0 saturated carbocycles. The van der Waals surface area contributed by atoms with E-state index in [9.17, 15) is 15.0 Å². The van der Waals surface area contributed by atoms with Crippen molar-refractivity contribution in [2.75, 3.05) is 26.2 Å². The first-order chi connectivity index (χ1) is 23.7. The monoisotopic (exact) mass is 683 g/mol. The van der Waals surface area contributed by atoms with E-state index >= 15 is 0 Å². The van der Waals surface area contributed by atoms with Crippen molar-refractivity contribution in [2.45, 2.75) is 63.9 Å². The third-order valence-corrected chi connectivity index (χ3v) is 10.1. The van der Waals surface area contributed by atoms with Crippen LogP contribution in [0, 0.1) is 5.92 Å². The zero-order valence-electron chi connectivity index (χ0n) is 28.1. The van der Waals surface area contributed by atoms with Gasteiger partial charge < -0.3 is 35.2 Å². The molecule has 2 fully saturated rings. The van der Waals surface area contributed by atoms with Gasteiger partial charge in [0.25, 0.3) is 0 Å². The molecule has 0 unspecified atom stereocenters. The maximum atomic E-state index is 11.9. The molecule has 9 heteroatoms. The molecule has 0 aliphatic carbocycles. The van der Waals surface area contributed by atoms with Gasteiger partial charge in [-0.1, -0.05) is 91.3 Å². The molecule has 0 radical (unpaired) electrons. The lowest BCUT2D eigenvalue weighted by atomic mass is 9.84. The highest BCUT2D eigenvalue weighted by atomic mass is 35.5. The van der Waals surface area contributed by atoms with E-state index < -0.39 is 11.9 Å². The summed E-state index contributed by atoms with van der Waals surface area (Å²) in [5, 5.41) is 27.5. The molecule has 6 rings (SSSR count). The number of benzene rings is 4. The second-order valence-corrected chi connectivity index (χ2v) is 13.6. The largest absolute Gasteiger partial charge is 0.392 e. The van der Waals surface area contributed by atoms with Gasteiger partial charge in [0, 0.05) is 49.2 Å². The number of rotatable bonds is 10. The first-order valence-electron chi connectivity index (χ1n) is 17.2. The molecule has 0 spiro atoms. The Bertz CT molecular complexity index is 1690. The van der Waals surface area contributed by atoms with Crippen molar-refractivity contribution in [3.8, 4) is 11.1 Å². The van der Waals surface area contributed by atoms with Gasteiger partial charge in [0.05, 0.1) is 24.4 Å². The second-order valence-electron chi connectivity index (χ2n) is 13.2. The van der Waals surface area contributed by atoms with E-state index in [1.165, 1.54) is 0 Å². The first kappa shape index (κ1) is 35.1. The highest BCUT2D eigenvalue weighted by Gasteiger charge is 2.41. The predicted octanol–water partition coefficient (Wildman–Crippen LogP) is 7.09. The summed E-state index contributed by atoms with van der Waals surface area (Å²) in [4.78, 5) is 14.3. The molecule has 4 N–H and O–H groups in total. The summed E-state index contributed by atoms with van der Waals surface area (Å²) in [6.07, 6.45) is 0.306. The van der Waals surface area contributed by atoms with Crippen molar-refractivity contribution in [1.29, 1.82) is 0 Å². The SMILES string of the molecule is CCNC(=O)NCc1cccc(-c2cccc([C@@H]3O[C@H](CN4CCC(O)(c5ccc(Cl)cc5)CC4)[C@H](C)[C@H](c4ccc(CO)cc4)O3)c2)c1. The number of hydrogen-bond acceptors (Lipinski definition) is 6. The molecule has 2 amide bonds. The molecule has 2 aliphatic rings. The minimum absolute atomic E-state index is 0.0109. The third-order valence-electron chi connectivity index (χ3n) is 9.84. The number of halogens is 1. The number of nitrogens with one attached hydrogen (secondary N) is 2. The van der Waals surface area contributed by atoms with Gasteiger partial charge in [0.2, 0.25) is 0 Å². The van der Waals surface area contributed by atoms with Crippen LogP contribution in [0.5, 0.6) is 0 Å². The maximum absolute atomic E-state index is 11.9. The maximum Gasteiger partial charge on any atom is 0.315 e. The Kier molecular flexibility index (Phi) is 11.3. The van der Waals surface area contributed by atoms with Gasteiger partial charge in [0.15, 0.2) is 6.29 Å². The number of amides is 2. The van der Waals surface area contributed by atoms with Crippen molar-refractivity contribution in [1.82, 2.24) is 15.5 Å². The van der Waals surface area contributed by atoms with Crippen LogP contribution >= 0.6 is 11.6 Å². The van der Waals surface area contributed by atoms with Gasteiger partial charge in [0.1, 0.15) is 0 Å². The van der Waals surface area contributed by atoms with Crippen LogP contribution in [-0.2, 0) is 28.2 Å². The number of hydrogen-bond donors (Lipinski definition) is 4. The van der Waals surface area contributed by atoms with Crippen molar-refractivity contribution in [3.63, 3.8) is 0 Å². The number of aliphatic hydroxyl groups excluding tert-OH is 1. The van der Waals surface area contributed by atoms with Crippen molar-refractivity contribution in [2.24, 2.45) is 5.92 Å². The third kappa shape index (κ3) is 8.52. The first-order valence-corrected chi connectivity index (χ1v) is 17.5. The number of nitrogens with zero attached hydrogens (tertiary/aromatic N) is 1. The normalized spacial score (nSPS) is 22.4. The van der Waals surface area contributed by atoms with E-state index in [2.05, 4.69) is 46.7 Å². The molecule has 258 valence electrons. The molecule has 0 aromatic heterocycles. The molecule has 2 heterocycles. The lowest BCUT2D eigenvalue weighted by Gasteiger charge is -2.45. The molecule has 49 heavy (non-hydrogen) atoms. The van der Waals surface area contributed by atoms with Gasteiger partial charge >= 0.3 is 6.03 Å². The minimum atomic E-state index is -0.876. The number of likely N-dealkylation sites (tertiary alicyclic amines) is 1. The average Bonchev–Trinajstić information content (AvgIpc) is 3.13. The number of piperidine rings is 1. The number of carbonyl (C=O) groups excluding carboxylic acids is 1. The van der Waals surface area contributed by atoms with Crippen LogP contribution in [-0.4, -0.2) is 53.4 Å². The zero-order chi connectivity index (χ0) is 34.4. The van der Waals surface area contributed by atoms with Gasteiger partial charge in [-0.2, -0.15) is 0 Å². The van der Waals surface area contributed by atoms with Gasteiger partial charge in [-0.15, -0.1) is 0 Å². The average molecular weight is 684 g/mol. The summed E-state index contributed by atoms with van der Waals surface area (Å²) in [5.74, 6) is 0.0468. The summed E-state index contributed by atoms with van der Waals surface area (Å²) in [6.45, 7) is 7.26. The van der Waals surface area contributed by atoms with Crippen LogP contribution in [0.25, 0.3) is 11.1 Å². The van der Waals surface area contributed by atoms with Crippen LogP contribution < -0.4 is 10.6 Å². The number of ether oxygens (including phenoxy) is 2. The number of aliphatic hydroxyl groups is 2. The fourth-order valence-corrected chi connectivity index (χ4v) is 6.99. The van der Waals surface area contributed by atoms with Crippen LogP contribution in [0.3, 0.4) is 0 Å². The Balaban J connectivity index is 1.21. The van der Waals surface area contributed by atoms with Crippen LogP contribution in [0.1, 0.15) is 66.9 Å². The van der Waals surface area contributed by atoms with Crippen molar-refractivity contribution in [3.05, 3.63) is 130 Å². The summed E-state index contributed by atoms with van der Waals surface area (Å²) in [7, 11) is 0. The molecule has 2 saturated heterocycles. The Morgan fingerprint density at radius 3 is 2.27 bits per heavy atom. The van der Waals surface area contributed by atoms with E-state index in [0.29, 0.717) is 37.5 Å². The Labute approximate surface area is 294 Å². The standard InChI is InChI=1S/C40H46ClN3O5/c1-3-42-39(46)43-24-29-6-4-7-31(22-29)32-8-5-9-33(23-32)38-48-36(27(2)37(49-38)30-12-10-28(26-45)11-13-30)25-44-20-18-40(47,19-21-44)34-14-16-35(41)17-15-34/h4-17,22-23,27,36-38,45,47H,3,18-21,24-26H2,1-2H3,(H2,42,43,46)/t27-,36+,37+,38+/m0/s1. The van der Waals surface area contributed by atoms with Crippen LogP contribution in [0.4, 0.5) is 4.79 Å². The molecule has 4 aromatic carbocycles. The summed E-state index contributed by atoms with van der Waals surface area (Å²) < 4.78 is 13.6. The Hall–Kier alpha value is -3.76. The highest BCUT2D eigenvalue weighted by Crippen LogP contribution is 2.43. The van der Waals surface area contributed by atoms with Gasteiger partial charge in [-0.05, 0) is 77.4 Å². The van der Waals surface area contributed by atoms with Crippen molar-refractivity contribution < 1.29 is 24.5 Å². The Morgan fingerprint density at radius 2 is 1.57 bits per heavy atom. The van der Waals surface area contributed by atoms with E-state index in [-0.39, 0.29) is 30.8 Å². The van der Waals surface area contributed by atoms with Crippen molar-refractivity contribution >= 4 is 17.6 Å². The fourth-order valence-electron chi connectivity index (χ4n) is 6.87. The van der Waals surface area contributed by atoms with E-state index in [0.717, 1.165) is 52.0 Å². The molecular formula is C40H46ClN3O5. The fraction of sp³-hybridized carbons (Fsp3) is 0.375. The summed E-state index contributed by atoms with van der Waals surface area (Å²) >= 11 is 6.10. The smallest absolute Gasteiger partial charge is 0.315 e.